The molecular weight excluding hydrogens is 256 g/mol. The van der Waals surface area contributed by atoms with Gasteiger partial charge in [0.15, 0.2) is 0 Å². The summed E-state index contributed by atoms with van der Waals surface area (Å²) in [5.41, 5.74) is 1.10. The van der Waals surface area contributed by atoms with Crippen molar-refractivity contribution in [1.82, 2.24) is 10.6 Å². The maximum Gasteiger partial charge on any atom is 0.236 e. The van der Waals surface area contributed by atoms with Gasteiger partial charge < -0.3 is 14.5 Å². The van der Waals surface area contributed by atoms with Crippen LogP contribution < -0.4 is 10.6 Å². The van der Waals surface area contributed by atoms with Crippen LogP contribution in [0.1, 0.15) is 43.4 Å². The highest BCUT2D eigenvalue weighted by molar-refractivity contribution is 5.81. The van der Waals surface area contributed by atoms with E-state index >= 15 is 0 Å². The van der Waals surface area contributed by atoms with Crippen molar-refractivity contribution < 1.29 is 13.9 Å². The number of methoxy groups -OCH3 is 1. The van der Waals surface area contributed by atoms with Crippen LogP contribution in [-0.2, 0) is 9.53 Å². The van der Waals surface area contributed by atoms with Gasteiger partial charge in [0.25, 0.3) is 0 Å². The van der Waals surface area contributed by atoms with Gasteiger partial charge in [0.1, 0.15) is 11.5 Å². The molecule has 2 unspecified atom stereocenters. The SMILES string of the molecule is COCCCNC(=O)C(C)NC(C)c1cc(C)oc1C. The maximum atomic E-state index is 11.9. The van der Waals surface area contributed by atoms with E-state index in [0.29, 0.717) is 13.2 Å². The third-order valence-electron chi connectivity index (χ3n) is 3.26. The molecule has 0 aromatic carbocycles. The van der Waals surface area contributed by atoms with E-state index in [2.05, 4.69) is 10.6 Å². The molecule has 0 saturated heterocycles. The molecule has 0 fully saturated rings. The molecule has 0 aliphatic heterocycles. The second-order valence-electron chi connectivity index (χ2n) is 5.12. The van der Waals surface area contributed by atoms with Crippen LogP contribution in [0.2, 0.25) is 0 Å². The Hall–Kier alpha value is -1.33. The molecule has 5 heteroatoms. The first-order chi connectivity index (χ1) is 9.45. The number of carbonyl (C=O) groups excluding carboxylic acids is 1. The summed E-state index contributed by atoms with van der Waals surface area (Å²) in [5, 5.41) is 6.18. The quantitative estimate of drug-likeness (QED) is 0.717. The smallest absolute Gasteiger partial charge is 0.236 e. The average Bonchev–Trinajstić information content (AvgIpc) is 2.73. The van der Waals surface area contributed by atoms with E-state index < -0.39 is 0 Å². The van der Waals surface area contributed by atoms with Crippen molar-refractivity contribution in [1.29, 1.82) is 0 Å². The molecule has 0 spiro atoms. The van der Waals surface area contributed by atoms with Gasteiger partial charge in [0.05, 0.1) is 6.04 Å². The molecule has 20 heavy (non-hydrogen) atoms. The fourth-order valence-corrected chi connectivity index (χ4v) is 2.20. The second kappa shape index (κ2) is 8.07. The summed E-state index contributed by atoms with van der Waals surface area (Å²) in [6.07, 6.45) is 0.824. The summed E-state index contributed by atoms with van der Waals surface area (Å²) in [7, 11) is 1.66. The molecular formula is C15H26N2O3. The van der Waals surface area contributed by atoms with Crippen LogP contribution in [0.25, 0.3) is 0 Å². The number of rotatable bonds is 8. The first-order valence-electron chi connectivity index (χ1n) is 7.05. The topological polar surface area (TPSA) is 63.5 Å². The minimum atomic E-state index is -0.248. The number of carbonyl (C=O) groups is 1. The van der Waals surface area contributed by atoms with Crippen molar-refractivity contribution in [2.24, 2.45) is 0 Å². The predicted molar refractivity (Wildman–Crippen MR) is 78.7 cm³/mol. The molecule has 2 N–H and O–H groups in total. The molecule has 1 aromatic rings. The highest BCUT2D eigenvalue weighted by Gasteiger charge is 2.18. The normalized spacial score (nSPS) is 14.1. The van der Waals surface area contributed by atoms with E-state index in [4.69, 9.17) is 9.15 Å². The lowest BCUT2D eigenvalue weighted by molar-refractivity contribution is -0.122. The van der Waals surface area contributed by atoms with Gasteiger partial charge in [-0.1, -0.05) is 0 Å². The van der Waals surface area contributed by atoms with E-state index in [1.54, 1.807) is 7.11 Å². The third kappa shape index (κ3) is 4.98. The standard InChI is InChI=1S/C15H26N2O3/c1-10-9-14(13(4)20-10)11(2)17-12(3)15(18)16-7-6-8-19-5/h9,11-12,17H,6-8H2,1-5H3,(H,16,18). The van der Waals surface area contributed by atoms with Crippen molar-refractivity contribution in [3.63, 3.8) is 0 Å². The summed E-state index contributed by atoms with van der Waals surface area (Å²) in [6.45, 7) is 9.06. The molecule has 1 aromatic heterocycles. The molecule has 1 rings (SSSR count). The zero-order chi connectivity index (χ0) is 15.1. The van der Waals surface area contributed by atoms with E-state index in [-0.39, 0.29) is 18.0 Å². The maximum absolute atomic E-state index is 11.9. The monoisotopic (exact) mass is 282 g/mol. The van der Waals surface area contributed by atoms with Gasteiger partial charge in [-0.15, -0.1) is 0 Å². The van der Waals surface area contributed by atoms with Crippen LogP contribution in [0.5, 0.6) is 0 Å². The minimum absolute atomic E-state index is 0.00539. The number of nitrogens with one attached hydrogen (secondary N) is 2. The Morgan fingerprint density at radius 1 is 1.40 bits per heavy atom. The van der Waals surface area contributed by atoms with Crippen LogP contribution in [0, 0.1) is 13.8 Å². The zero-order valence-corrected chi connectivity index (χ0v) is 13.1. The molecule has 0 aliphatic rings. The lowest BCUT2D eigenvalue weighted by Gasteiger charge is -2.19. The first-order valence-corrected chi connectivity index (χ1v) is 7.05. The van der Waals surface area contributed by atoms with Crippen LogP contribution in [-0.4, -0.2) is 32.2 Å². The van der Waals surface area contributed by atoms with Gasteiger partial charge in [-0.2, -0.15) is 0 Å². The Kier molecular flexibility index (Phi) is 6.75. The second-order valence-corrected chi connectivity index (χ2v) is 5.12. The fourth-order valence-electron chi connectivity index (χ4n) is 2.20. The van der Waals surface area contributed by atoms with Crippen molar-refractivity contribution in [2.75, 3.05) is 20.3 Å². The number of amides is 1. The van der Waals surface area contributed by atoms with Crippen LogP contribution >= 0.6 is 0 Å². The molecule has 1 heterocycles. The number of furan rings is 1. The molecule has 5 nitrogen and oxygen atoms in total. The van der Waals surface area contributed by atoms with Gasteiger partial charge in [-0.05, 0) is 40.2 Å². The molecule has 0 radical (unpaired) electrons. The molecule has 114 valence electrons. The molecule has 0 aliphatic carbocycles. The summed E-state index contributed by atoms with van der Waals surface area (Å²) in [6, 6.07) is 1.84. The average molecular weight is 282 g/mol. The van der Waals surface area contributed by atoms with E-state index in [9.17, 15) is 4.79 Å². The van der Waals surface area contributed by atoms with Crippen molar-refractivity contribution >= 4 is 5.91 Å². The fraction of sp³-hybridized carbons (Fsp3) is 0.667. The first kappa shape index (κ1) is 16.7. The zero-order valence-electron chi connectivity index (χ0n) is 13.1. The van der Waals surface area contributed by atoms with Crippen molar-refractivity contribution in [3.8, 4) is 0 Å². The van der Waals surface area contributed by atoms with Gasteiger partial charge in [-0.3, -0.25) is 10.1 Å². The van der Waals surface area contributed by atoms with Crippen molar-refractivity contribution in [2.45, 2.75) is 46.2 Å². The third-order valence-corrected chi connectivity index (χ3v) is 3.26. The minimum Gasteiger partial charge on any atom is -0.466 e. The molecule has 1 amide bonds. The summed E-state index contributed by atoms with van der Waals surface area (Å²) < 4.78 is 10.5. The highest BCUT2D eigenvalue weighted by atomic mass is 16.5. The lowest BCUT2D eigenvalue weighted by Crippen LogP contribution is -2.43. The number of ether oxygens (including phenoxy) is 1. The van der Waals surface area contributed by atoms with E-state index in [1.807, 2.05) is 33.8 Å². The number of hydrogen-bond acceptors (Lipinski definition) is 4. The molecule has 2 atom stereocenters. The van der Waals surface area contributed by atoms with Gasteiger partial charge >= 0.3 is 0 Å². The Morgan fingerprint density at radius 3 is 2.65 bits per heavy atom. The summed E-state index contributed by atoms with van der Waals surface area (Å²) in [5.74, 6) is 1.80. The van der Waals surface area contributed by atoms with Crippen LogP contribution in [0.15, 0.2) is 10.5 Å². The van der Waals surface area contributed by atoms with Crippen molar-refractivity contribution in [3.05, 3.63) is 23.2 Å². The van der Waals surface area contributed by atoms with Gasteiger partial charge in [-0.25, -0.2) is 0 Å². The largest absolute Gasteiger partial charge is 0.466 e. The Balaban J connectivity index is 2.42. The molecule has 0 saturated carbocycles. The number of hydrogen-bond donors (Lipinski definition) is 2. The van der Waals surface area contributed by atoms with Crippen LogP contribution in [0.3, 0.4) is 0 Å². The highest BCUT2D eigenvalue weighted by Crippen LogP contribution is 2.21. The number of aryl methyl sites for hydroxylation is 2. The summed E-state index contributed by atoms with van der Waals surface area (Å²) in [4.78, 5) is 11.9. The van der Waals surface area contributed by atoms with E-state index in [0.717, 1.165) is 23.5 Å². The van der Waals surface area contributed by atoms with Gasteiger partial charge in [0, 0.05) is 31.9 Å². The lowest BCUT2D eigenvalue weighted by atomic mass is 10.1. The Morgan fingerprint density at radius 2 is 2.10 bits per heavy atom. The van der Waals surface area contributed by atoms with Gasteiger partial charge in [0.2, 0.25) is 5.91 Å². The van der Waals surface area contributed by atoms with E-state index in [1.165, 1.54) is 0 Å². The molecule has 0 bridgehead atoms. The Labute approximate surface area is 121 Å². The summed E-state index contributed by atoms with van der Waals surface area (Å²) >= 11 is 0. The van der Waals surface area contributed by atoms with Crippen LogP contribution in [0.4, 0.5) is 0 Å². The Bertz CT molecular complexity index is 429. The predicted octanol–water partition coefficient (Wildman–Crippen LogP) is 2.09.